The standard InChI is InChI=1S/C5H7N.C3H7NO/c1-5-3-2-4-6-5;1-4(2)3-5/h2-4,6H,1H3;3H,1-2H3. The number of H-pyrrole nitrogens is 1. The smallest absolute Gasteiger partial charge is 0.209 e. The van der Waals surface area contributed by atoms with Crippen LogP contribution >= 0.6 is 0 Å². The van der Waals surface area contributed by atoms with Gasteiger partial charge in [-0.2, -0.15) is 0 Å². The Hall–Kier alpha value is -1.25. The molecule has 1 rings (SSSR count). The molecule has 1 N–H and O–H groups in total. The monoisotopic (exact) mass is 154 g/mol. The SMILES string of the molecule is CN(C)C=O.Cc1ccc[nH]1. The second-order valence-corrected chi connectivity index (χ2v) is 2.42. The molecule has 62 valence electrons. The molecule has 0 aliphatic carbocycles. The minimum atomic E-state index is 0.750. The van der Waals surface area contributed by atoms with Gasteiger partial charge in [-0.05, 0) is 19.1 Å². The van der Waals surface area contributed by atoms with Crippen LogP contribution in [0.1, 0.15) is 5.69 Å². The van der Waals surface area contributed by atoms with Crippen LogP contribution in [0.25, 0.3) is 0 Å². The molecule has 1 aromatic rings. The molecule has 0 fully saturated rings. The van der Waals surface area contributed by atoms with E-state index in [1.54, 1.807) is 14.1 Å². The maximum absolute atomic E-state index is 9.43. The first kappa shape index (κ1) is 9.75. The van der Waals surface area contributed by atoms with E-state index in [2.05, 4.69) is 4.98 Å². The highest BCUT2D eigenvalue weighted by Gasteiger charge is 1.72. The van der Waals surface area contributed by atoms with Gasteiger partial charge in [-0.15, -0.1) is 0 Å². The summed E-state index contributed by atoms with van der Waals surface area (Å²) in [4.78, 5) is 13.9. The van der Waals surface area contributed by atoms with Gasteiger partial charge >= 0.3 is 0 Å². The number of nitrogens with one attached hydrogen (secondary N) is 1. The van der Waals surface area contributed by atoms with Crippen molar-refractivity contribution >= 4 is 6.41 Å². The van der Waals surface area contributed by atoms with Gasteiger partial charge in [0.15, 0.2) is 0 Å². The van der Waals surface area contributed by atoms with E-state index in [4.69, 9.17) is 0 Å². The number of aromatic nitrogens is 1. The zero-order valence-corrected chi connectivity index (χ0v) is 7.16. The summed E-state index contributed by atoms with van der Waals surface area (Å²) >= 11 is 0. The summed E-state index contributed by atoms with van der Waals surface area (Å²) in [5.74, 6) is 0. The quantitative estimate of drug-likeness (QED) is 0.602. The highest BCUT2D eigenvalue weighted by molar-refractivity contribution is 5.45. The number of aromatic amines is 1. The fourth-order valence-corrected chi connectivity index (χ4v) is 0.420. The van der Waals surface area contributed by atoms with Gasteiger partial charge in [0.2, 0.25) is 6.41 Å². The van der Waals surface area contributed by atoms with Crippen LogP contribution in [-0.4, -0.2) is 30.4 Å². The van der Waals surface area contributed by atoms with Gasteiger partial charge in [-0.1, -0.05) is 0 Å². The maximum Gasteiger partial charge on any atom is 0.209 e. The summed E-state index contributed by atoms with van der Waals surface area (Å²) in [6, 6.07) is 4.01. The molecule has 0 saturated carbocycles. The van der Waals surface area contributed by atoms with Gasteiger partial charge in [0.25, 0.3) is 0 Å². The van der Waals surface area contributed by atoms with Crippen LogP contribution in [-0.2, 0) is 4.79 Å². The number of hydrogen-bond acceptors (Lipinski definition) is 1. The molecule has 0 aliphatic rings. The number of rotatable bonds is 1. The Labute approximate surface area is 67.0 Å². The van der Waals surface area contributed by atoms with E-state index in [9.17, 15) is 4.79 Å². The molecule has 1 heterocycles. The van der Waals surface area contributed by atoms with Gasteiger partial charge in [0.1, 0.15) is 0 Å². The van der Waals surface area contributed by atoms with E-state index in [0.717, 1.165) is 6.41 Å². The molecular weight excluding hydrogens is 140 g/mol. The predicted molar refractivity (Wildman–Crippen MR) is 45.3 cm³/mol. The summed E-state index contributed by atoms with van der Waals surface area (Å²) in [7, 11) is 3.38. The highest BCUT2D eigenvalue weighted by atomic mass is 16.1. The van der Waals surface area contributed by atoms with Gasteiger partial charge in [0.05, 0.1) is 0 Å². The first-order chi connectivity index (χ1) is 5.16. The van der Waals surface area contributed by atoms with Crippen LogP contribution in [0.4, 0.5) is 0 Å². The zero-order chi connectivity index (χ0) is 8.69. The van der Waals surface area contributed by atoms with Crippen molar-refractivity contribution in [3.8, 4) is 0 Å². The van der Waals surface area contributed by atoms with Crippen molar-refractivity contribution < 1.29 is 4.79 Å². The fourth-order valence-electron chi connectivity index (χ4n) is 0.420. The van der Waals surface area contributed by atoms with E-state index in [1.807, 2.05) is 25.3 Å². The molecule has 0 aromatic carbocycles. The van der Waals surface area contributed by atoms with Gasteiger partial charge in [-0.3, -0.25) is 4.79 Å². The van der Waals surface area contributed by atoms with Crippen molar-refractivity contribution in [3.05, 3.63) is 24.0 Å². The summed E-state index contributed by atoms with van der Waals surface area (Å²) in [6.07, 6.45) is 2.66. The van der Waals surface area contributed by atoms with Crippen LogP contribution < -0.4 is 0 Å². The summed E-state index contributed by atoms with van der Waals surface area (Å²) in [5, 5.41) is 0. The second kappa shape index (κ2) is 5.53. The number of hydrogen-bond donors (Lipinski definition) is 1. The second-order valence-electron chi connectivity index (χ2n) is 2.42. The summed E-state index contributed by atoms with van der Waals surface area (Å²) in [6.45, 7) is 2.03. The Morgan fingerprint density at radius 2 is 2.09 bits per heavy atom. The zero-order valence-electron chi connectivity index (χ0n) is 7.16. The molecule has 0 saturated heterocycles. The van der Waals surface area contributed by atoms with Crippen molar-refractivity contribution in [2.75, 3.05) is 14.1 Å². The minimum absolute atomic E-state index is 0.750. The molecule has 0 radical (unpaired) electrons. The van der Waals surface area contributed by atoms with Gasteiger partial charge in [0, 0.05) is 26.0 Å². The van der Waals surface area contributed by atoms with Crippen molar-refractivity contribution in [2.45, 2.75) is 6.92 Å². The van der Waals surface area contributed by atoms with Crippen LogP contribution in [0, 0.1) is 6.92 Å². The third-order valence-electron chi connectivity index (χ3n) is 0.964. The Morgan fingerprint density at radius 3 is 2.18 bits per heavy atom. The van der Waals surface area contributed by atoms with Crippen molar-refractivity contribution in [1.29, 1.82) is 0 Å². The van der Waals surface area contributed by atoms with E-state index in [1.165, 1.54) is 10.6 Å². The molecular formula is C8H14N2O. The lowest BCUT2D eigenvalue weighted by molar-refractivity contribution is -0.115. The predicted octanol–water partition coefficient (Wildman–Crippen LogP) is 1.03. The third-order valence-corrected chi connectivity index (χ3v) is 0.964. The Kier molecular flexibility index (Phi) is 4.90. The number of aryl methyl sites for hydroxylation is 1. The highest BCUT2D eigenvalue weighted by Crippen LogP contribution is 1.86. The van der Waals surface area contributed by atoms with Crippen molar-refractivity contribution in [3.63, 3.8) is 0 Å². The fraction of sp³-hybridized carbons (Fsp3) is 0.375. The van der Waals surface area contributed by atoms with Crippen LogP contribution in [0.15, 0.2) is 18.3 Å². The molecule has 0 aliphatic heterocycles. The minimum Gasteiger partial charge on any atom is -0.365 e. The largest absolute Gasteiger partial charge is 0.365 e. The van der Waals surface area contributed by atoms with Crippen LogP contribution in [0.5, 0.6) is 0 Å². The summed E-state index contributed by atoms with van der Waals surface area (Å²) in [5.41, 5.74) is 1.22. The average molecular weight is 154 g/mol. The van der Waals surface area contributed by atoms with E-state index < -0.39 is 0 Å². The lowest BCUT2D eigenvalue weighted by Gasteiger charge is -1.93. The lowest BCUT2D eigenvalue weighted by Crippen LogP contribution is -2.06. The van der Waals surface area contributed by atoms with Gasteiger partial charge < -0.3 is 9.88 Å². The lowest BCUT2D eigenvalue weighted by atomic mass is 10.5. The molecule has 3 heteroatoms. The van der Waals surface area contributed by atoms with Gasteiger partial charge in [-0.25, -0.2) is 0 Å². The first-order valence-corrected chi connectivity index (χ1v) is 3.38. The molecule has 0 atom stereocenters. The number of carbonyl (C=O) groups is 1. The normalized spacial score (nSPS) is 7.91. The van der Waals surface area contributed by atoms with E-state index in [-0.39, 0.29) is 0 Å². The summed E-state index contributed by atoms with van der Waals surface area (Å²) < 4.78 is 0. The Morgan fingerprint density at radius 1 is 1.55 bits per heavy atom. The molecule has 0 bridgehead atoms. The number of amides is 1. The molecule has 1 amide bonds. The molecule has 11 heavy (non-hydrogen) atoms. The van der Waals surface area contributed by atoms with Crippen LogP contribution in [0.3, 0.4) is 0 Å². The first-order valence-electron chi connectivity index (χ1n) is 3.38. The van der Waals surface area contributed by atoms with Crippen LogP contribution in [0.2, 0.25) is 0 Å². The average Bonchev–Trinajstić information content (AvgIpc) is 2.41. The van der Waals surface area contributed by atoms with E-state index in [0.29, 0.717) is 0 Å². The Bertz CT molecular complexity index is 180. The molecule has 0 unspecified atom stereocenters. The van der Waals surface area contributed by atoms with E-state index >= 15 is 0 Å². The van der Waals surface area contributed by atoms with Crippen molar-refractivity contribution in [2.24, 2.45) is 0 Å². The molecule has 3 nitrogen and oxygen atoms in total. The third kappa shape index (κ3) is 6.64. The maximum atomic E-state index is 9.43. The number of nitrogens with zero attached hydrogens (tertiary/aromatic N) is 1. The molecule has 1 aromatic heterocycles. The molecule has 0 spiro atoms. The topological polar surface area (TPSA) is 36.1 Å². The van der Waals surface area contributed by atoms with Crippen molar-refractivity contribution in [1.82, 2.24) is 9.88 Å². The number of carbonyl (C=O) groups excluding carboxylic acids is 1. The Balaban J connectivity index is 0.000000187.